The number of benzene rings is 1. The number of amides is 2. The standard InChI is InChI=1S/C16H19N3O4/c1-19-8-6-16(7-9-19)17-15(21)12-10-11(2-4-13(12)23-16)3-5-14(20)18-22/h2-5,10,22H,6-9H2,1H3,(H,17,21)(H,18,20). The van der Waals surface area contributed by atoms with Crippen molar-refractivity contribution in [3.63, 3.8) is 0 Å². The van der Waals surface area contributed by atoms with Crippen molar-refractivity contribution in [2.45, 2.75) is 18.6 Å². The van der Waals surface area contributed by atoms with Crippen LogP contribution in [-0.4, -0.2) is 47.8 Å². The van der Waals surface area contributed by atoms with E-state index in [2.05, 4.69) is 10.2 Å². The van der Waals surface area contributed by atoms with Crippen molar-refractivity contribution in [3.8, 4) is 5.75 Å². The van der Waals surface area contributed by atoms with Crippen molar-refractivity contribution >= 4 is 17.9 Å². The summed E-state index contributed by atoms with van der Waals surface area (Å²) in [4.78, 5) is 25.7. The Balaban J connectivity index is 1.82. The molecule has 2 amide bonds. The maximum absolute atomic E-state index is 12.4. The predicted octanol–water partition coefficient (Wildman–Crippen LogP) is 0.749. The molecule has 2 aliphatic rings. The first-order chi connectivity index (χ1) is 11.0. The third-order valence-corrected chi connectivity index (χ3v) is 4.23. The van der Waals surface area contributed by atoms with E-state index in [0.717, 1.165) is 25.9 Å². The van der Waals surface area contributed by atoms with Gasteiger partial charge in [-0.25, -0.2) is 5.48 Å². The summed E-state index contributed by atoms with van der Waals surface area (Å²) >= 11 is 0. The molecule has 1 aromatic rings. The molecule has 3 N–H and O–H groups in total. The molecule has 7 nitrogen and oxygen atoms in total. The van der Waals surface area contributed by atoms with E-state index in [1.165, 1.54) is 17.6 Å². The van der Waals surface area contributed by atoms with Crippen molar-refractivity contribution in [1.29, 1.82) is 0 Å². The highest BCUT2D eigenvalue weighted by atomic mass is 16.5. The minimum atomic E-state index is -0.631. The molecule has 122 valence electrons. The fraction of sp³-hybridized carbons (Fsp3) is 0.375. The van der Waals surface area contributed by atoms with Crippen LogP contribution in [0.1, 0.15) is 28.8 Å². The van der Waals surface area contributed by atoms with Crippen molar-refractivity contribution < 1.29 is 19.5 Å². The number of rotatable bonds is 2. The Morgan fingerprint density at radius 3 is 2.87 bits per heavy atom. The highest BCUT2D eigenvalue weighted by Crippen LogP contribution is 2.33. The first-order valence-corrected chi connectivity index (χ1v) is 7.48. The zero-order chi connectivity index (χ0) is 16.4. The highest BCUT2D eigenvalue weighted by Gasteiger charge is 2.41. The molecule has 0 aromatic heterocycles. The van der Waals surface area contributed by atoms with E-state index in [0.29, 0.717) is 16.9 Å². The van der Waals surface area contributed by atoms with Gasteiger partial charge in [0.15, 0.2) is 5.72 Å². The number of hydroxylamine groups is 1. The normalized spacial score (nSPS) is 20.0. The van der Waals surface area contributed by atoms with E-state index in [1.54, 1.807) is 18.2 Å². The van der Waals surface area contributed by atoms with Crippen LogP contribution in [0.2, 0.25) is 0 Å². The van der Waals surface area contributed by atoms with Crippen LogP contribution in [0.15, 0.2) is 24.3 Å². The number of carbonyl (C=O) groups excluding carboxylic acids is 2. The molecule has 0 radical (unpaired) electrons. The van der Waals surface area contributed by atoms with Gasteiger partial charge in [0.05, 0.1) is 5.56 Å². The van der Waals surface area contributed by atoms with Gasteiger partial charge in [0.1, 0.15) is 5.75 Å². The van der Waals surface area contributed by atoms with E-state index in [4.69, 9.17) is 9.94 Å². The van der Waals surface area contributed by atoms with Crippen molar-refractivity contribution in [3.05, 3.63) is 35.4 Å². The monoisotopic (exact) mass is 317 g/mol. The van der Waals surface area contributed by atoms with Crippen molar-refractivity contribution in [2.24, 2.45) is 0 Å². The molecule has 7 heteroatoms. The van der Waals surface area contributed by atoms with Gasteiger partial charge in [0.25, 0.3) is 11.8 Å². The van der Waals surface area contributed by atoms with Crippen LogP contribution in [0.25, 0.3) is 6.08 Å². The number of piperidine rings is 1. The zero-order valence-corrected chi connectivity index (χ0v) is 12.8. The van der Waals surface area contributed by atoms with Gasteiger partial charge in [-0.2, -0.15) is 0 Å². The Morgan fingerprint density at radius 1 is 1.43 bits per heavy atom. The molecule has 0 saturated carbocycles. The summed E-state index contributed by atoms with van der Waals surface area (Å²) in [5.41, 5.74) is 2.01. The second kappa shape index (κ2) is 6.02. The maximum Gasteiger partial charge on any atom is 0.267 e. The Bertz CT molecular complexity index is 663. The molecule has 1 saturated heterocycles. The minimum absolute atomic E-state index is 0.169. The number of hydrogen-bond donors (Lipinski definition) is 3. The Hall–Kier alpha value is -2.38. The summed E-state index contributed by atoms with van der Waals surface area (Å²) in [6, 6.07) is 5.17. The number of carbonyl (C=O) groups is 2. The Kier molecular flexibility index (Phi) is 4.06. The number of ether oxygens (including phenoxy) is 1. The number of fused-ring (bicyclic) bond motifs is 1. The van der Waals surface area contributed by atoms with E-state index >= 15 is 0 Å². The molecular weight excluding hydrogens is 298 g/mol. The second-order valence-corrected chi connectivity index (χ2v) is 5.92. The van der Waals surface area contributed by atoms with Gasteiger partial charge in [-0.15, -0.1) is 0 Å². The quantitative estimate of drug-likeness (QED) is 0.425. The van der Waals surface area contributed by atoms with Crippen LogP contribution >= 0.6 is 0 Å². The molecule has 2 aliphatic heterocycles. The Labute approximate surface area is 133 Å². The number of likely N-dealkylation sites (tertiary alicyclic amines) is 1. The van der Waals surface area contributed by atoms with Crippen LogP contribution in [0.5, 0.6) is 5.75 Å². The lowest BCUT2D eigenvalue weighted by atomic mass is 9.96. The lowest BCUT2D eigenvalue weighted by Gasteiger charge is -2.43. The maximum atomic E-state index is 12.4. The van der Waals surface area contributed by atoms with E-state index in [1.807, 2.05) is 7.05 Å². The summed E-state index contributed by atoms with van der Waals surface area (Å²) in [5, 5.41) is 11.4. The molecule has 0 unspecified atom stereocenters. The molecule has 1 fully saturated rings. The number of nitrogens with zero attached hydrogens (tertiary/aromatic N) is 1. The molecule has 0 aliphatic carbocycles. The summed E-state index contributed by atoms with van der Waals surface area (Å²) in [6.45, 7) is 1.74. The largest absolute Gasteiger partial charge is 0.467 e. The number of hydrogen-bond acceptors (Lipinski definition) is 5. The molecular formula is C16H19N3O4. The van der Waals surface area contributed by atoms with Crippen LogP contribution in [-0.2, 0) is 4.79 Å². The van der Waals surface area contributed by atoms with Gasteiger partial charge in [-0.3, -0.25) is 14.8 Å². The first-order valence-electron chi connectivity index (χ1n) is 7.48. The fourth-order valence-electron chi connectivity index (χ4n) is 2.84. The average Bonchev–Trinajstić information content (AvgIpc) is 2.56. The topological polar surface area (TPSA) is 90.9 Å². The molecule has 3 rings (SSSR count). The molecule has 0 atom stereocenters. The molecule has 23 heavy (non-hydrogen) atoms. The number of nitrogens with one attached hydrogen (secondary N) is 2. The minimum Gasteiger partial charge on any atom is -0.467 e. The smallest absolute Gasteiger partial charge is 0.267 e. The van der Waals surface area contributed by atoms with Crippen molar-refractivity contribution in [2.75, 3.05) is 20.1 Å². The highest BCUT2D eigenvalue weighted by molar-refractivity contribution is 5.99. The SMILES string of the molecule is CN1CCC2(CC1)NC(=O)c1cc(C=CC(=O)NO)ccc1O2. The van der Waals surface area contributed by atoms with E-state index in [-0.39, 0.29) is 5.91 Å². The fourth-order valence-corrected chi connectivity index (χ4v) is 2.84. The third kappa shape index (κ3) is 3.20. The third-order valence-electron chi connectivity index (χ3n) is 4.23. The lowest BCUT2D eigenvalue weighted by Crippen LogP contribution is -2.60. The molecule has 0 bridgehead atoms. The summed E-state index contributed by atoms with van der Waals surface area (Å²) in [7, 11) is 2.05. The van der Waals surface area contributed by atoms with Crippen LogP contribution < -0.4 is 15.5 Å². The average molecular weight is 317 g/mol. The van der Waals surface area contributed by atoms with Crippen LogP contribution in [0.3, 0.4) is 0 Å². The molecule has 1 aromatic carbocycles. The van der Waals surface area contributed by atoms with Crippen LogP contribution in [0.4, 0.5) is 0 Å². The van der Waals surface area contributed by atoms with E-state index in [9.17, 15) is 9.59 Å². The first kappa shape index (κ1) is 15.5. The van der Waals surface area contributed by atoms with Gasteiger partial charge in [0, 0.05) is 32.0 Å². The molecule has 1 spiro atoms. The van der Waals surface area contributed by atoms with Gasteiger partial charge in [0.2, 0.25) is 0 Å². The van der Waals surface area contributed by atoms with Gasteiger partial charge < -0.3 is 15.0 Å². The zero-order valence-electron chi connectivity index (χ0n) is 12.8. The summed E-state index contributed by atoms with van der Waals surface area (Å²) in [5.74, 6) is -0.242. The van der Waals surface area contributed by atoms with Gasteiger partial charge in [-0.1, -0.05) is 6.07 Å². The second-order valence-electron chi connectivity index (χ2n) is 5.92. The van der Waals surface area contributed by atoms with Crippen molar-refractivity contribution in [1.82, 2.24) is 15.7 Å². The summed E-state index contributed by atoms with van der Waals surface area (Å²) < 4.78 is 6.08. The lowest BCUT2D eigenvalue weighted by molar-refractivity contribution is -0.124. The van der Waals surface area contributed by atoms with E-state index < -0.39 is 11.6 Å². The van der Waals surface area contributed by atoms with Crippen LogP contribution in [0, 0.1) is 0 Å². The summed E-state index contributed by atoms with van der Waals surface area (Å²) in [6.07, 6.45) is 4.18. The van der Waals surface area contributed by atoms with Gasteiger partial charge >= 0.3 is 0 Å². The van der Waals surface area contributed by atoms with Gasteiger partial charge in [-0.05, 0) is 30.8 Å². The Morgan fingerprint density at radius 2 is 2.17 bits per heavy atom. The predicted molar refractivity (Wildman–Crippen MR) is 83.0 cm³/mol. The molecule has 2 heterocycles.